The molecule has 0 fully saturated rings. The number of hydrogen-bond acceptors (Lipinski definition) is 1. The van der Waals surface area contributed by atoms with Crippen LogP contribution in [0.5, 0.6) is 0 Å². The van der Waals surface area contributed by atoms with Crippen molar-refractivity contribution in [3.8, 4) is 0 Å². The van der Waals surface area contributed by atoms with Gasteiger partial charge in [0.25, 0.3) is 0 Å². The molecule has 3 aromatic carbocycles. The van der Waals surface area contributed by atoms with Gasteiger partial charge < -0.3 is 0 Å². The average Bonchev–Trinajstić information content (AvgIpc) is 2.45. The second-order valence-electron chi connectivity index (χ2n) is 5.12. The molecule has 3 rings (SSSR count). The fourth-order valence-electron chi connectivity index (χ4n) is 2.92. The van der Waals surface area contributed by atoms with Crippen LogP contribution in [0.2, 0.25) is 0 Å². The van der Waals surface area contributed by atoms with Crippen LogP contribution in [0.3, 0.4) is 0 Å². The number of benzene rings is 3. The van der Waals surface area contributed by atoms with Crippen LogP contribution in [0.25, 0.3) is 21.5 Å². The lowest BCUT2D eigenvalue weighted by Crippen LogP contribution is -1.97. The van der Waals surface area contributed by atoms with Gasteiger partial charge in [-0.3, -0.25) is 4.79 Å². The predicted octanol–water partition coefficient (Wildman–Crippen LogP) is 4.73. The molecule has 0 radical (unpaired) electrons. The number of hydrogen-bond donors (Lipinski definition) is 0. The molecule has 94 valence electrons. The first kappa shape index (κ1) is 11.9. The van der Waals surface area contributed by atoms with Crippen molar-refractivity contribution in [1.29, 1.82) is 0 Å². The van der Waals surface area contributed by atoms with Crippen LogP contribution >= 0.6 is 0 Å². The van der Waals surface area contributed by atoms with Crippen LogP contribution in [0.4, 0.5) is 0 Å². The van der Waals surface area contributed by atoms with Crippen molar-refractivity contribution in [3.63, 3.8) is 0 Å². The summed E-state index contributed by atoms with van der Waals surface area (Å²) in [4.78, 5) is 11.4. The minimum absolute atomic E-state index is 0.823. The molecule has 1 heteroatoms. The average molecular weight is 248 g/mol. The quantitative estimate of drug-likeness (QED) is 0.449. The Kier molecular flexibility index (Phi) is 2.63. The lowest BCUT2D eigenvalue weighted by Gasteiger charge is -2.15. The molecule has 0 heterocycles. The van der Waals surface area contributed by atoms with Crippen LogP contribution in [-0.2, 0) is 0 Å². The van der Waals surface area contributed by atoms with Gasteiger partial charge >= 0.3 is 0 Å². The molecule has 0 saturated carbocycles. The Morgan fingerprint density at radius 1 is 0.789 bits per heavy atom. The molecule has 1 nitrogen and oxygen atoms in total. The summed E-state index contributed by atoms with van der Waals surface area (Å²) in [6.45, 7) is 6.27. The number of carbonyl (C=O) groups is 1. The molecule has 0 unspecified atom stereocenters. The van der Waals surface area contributed by atoms with E-state index in [1.54, 1.807) is 0 Å². The van der Waals surface area contributed by atoms with Crippen LogP contribution in [0.1, 0.15) is 27.0 Å². The van der Waals surface area contributed by atoms with Crippen molar-refractivity contribution in [2.45, 2.75) is 20.8 Å². The summed E-state index contributed by atoms with van der Waals surface area (Å²) in [5.41, 5.74) is 4.40. The van der Waals surface area contributed by atoms with E-state index in [1.807, 2.05) is 13.0 Å². The summed E-state index contributed by atoms with van der Waals surface area (Å²) in [6.07, 6.45) is 0.985. The van der Waals surface area contributed by atoms with E-state index in [9.17, 15) is 4.79 Å². The summed E-state index contributed by atoms with van der Waals surface area (Å²) in [6, 6.07) is 12.5. The van der Waals surface area contributed by atoms with E-state index in [4.69, 9.17) is 0 Å². The molecule has 0 aliphatic rings. The number of carbonyl (C=O) groups excluding carboxylic acids is 1. The molecule has 19 heavy (non-hydrogen) atoms. The zero-order valence-corrected chi connectivity index (χ0v) is 11.4. The smallest absolute Gasteiger partial charge is 0.150 e. The number of fused-ring (bicyclic) bond motifs is 3. The van der Waals surface area contributed by atoms with Crippen molar-refractivity contribution >= 4 is 27.8 Å². The SMILES string of the molecule is Cc1c(C)c(C)c2c(ccc3ccccc32)c1C=O. The van der Waals surface area contributed by atoms with Gasteiger partial charge in [-0.1, -0.05) is 36.4 Å². The van der Waals surface area contributed by atoms with Gasteiger partial charge in [-0.25, -0.2) is 0 Å². The van der Waals surface area contributed by atoms with Crippen LogP contribution in [0.15, 0.2) is 36.4 Å². The highest BCUT2D eigenvalue weighted by atomic mass is 16.1. The zero-order chi connectivity index (χ0) is 13.6. The maximum absolute atomic E-state index is 11.4. The molecule has 0 aliphatic carbocycles. The minimum atomic E-state index is 0.823. The van der Waals surface area contributed by atoms with E-state index in [2.05, 4.69) is 44.2 Å². The Balaban J connectivity index is 2.67. The van der Waals surface area contributed by atoms with Gasteiger partial charge in [-0.15, -0.1) is 0 Å². The maximum Gasteiger partial charge on any atom is 0.150 e. The van der Waals surface area contributed by atoms with E-state index in [-0.39, 0.29) is 0 Å². The van der Waals surface area contributed by atoms with E-state index < -0.39 is 0 Å². The third kappa shape index (κ3) is 1.58. The Hall–Kier alpha value is -2.15. The maximum atomic E-state index is 11.4. The zero-order valence-electron chi connectivity index (χ0n) is 11.4. The molecule has 0 saturated heterocycles. The lowest BCUT2D eigenvalue weighted by atomic mass is 9.89. The van der Waals surface area contributed by atoms with E-state index in [1.165, 1.54) is 27.3 Å². The fourth-order valence-corrected chi connectivity index (χ4v) is 2.92. The molecule has 0 bridgehead atoms. The normalized spacial score (nSPS) is 11.1. The first-order valence-electron chi connectivity index (χ1n) is 6.51. The number of aldehydes is 1. The predicted molar refractivity (Wildman–Crippen MR) is 81.1 cm³/mol. The minimum Gasteiger partial charge on any atom is -0.298 e. The van der Waals surface area contributed by atoms with Gasteiger partial charge in [0.2, 0.25) is 0 Å². The summed E-state index contributed by atoms with van der Waals surface area (Å²) >= 11 is 0. The van der Waals surface area contributed by atoms with Gasteiger partial charge in [0.15, 0.2) is 6.29 Å². The summed E-state index contributed by atoms with van der Waals surface area (Å²) < 4.78 is 0. The Morgan fingerprint density at radius 3 is 2.26 bits per heavy atom. The molecule has 0 atom stereocenters. The van der Waals surface area contributed by atoms with E-state index in [0.29, 0.717) is 0 Å². The van der Waals surface area contributed by atoms with Crippen molar-refractivity contribution in [2.24, 2.45) is 0 Å². The molecule has 0 aromatic heterocycles. The second kappa shape index (κ2) is 4.20. The highest BCUT2D eigenvalue weighted by molar-refractivity contribution is 6.14. The summed E-state index contributed by atoms with van der Waals surface area (Å²) in [7, 11) is 0. The standard InChI is InChI=1S/C18H16O/c1-11-12(2)17(10-19)16-9-8-14-6-4-5-7-15(14)18(16)13(11)3/h4-10H,1-3H3. The van der Waals surface area contributed by atoms with Crippen molar-refractivity contribution in [2.75, 3.05) is 0 Å². The van der Waals surface area contributed by atoms with E-state index >= 15 is 0 Å². The topological polar surface area (TPSA) is 17.1 Å². The molecule has 0 amide bonds. The van der Waals surface area contributed by atoms with Gasteiger partial charge in [-0.2, -0.15) is 0 Å². The number of aryl methyl sites for hydroxylation is 1. The van der Waals surface area contributed by atoms with Gasteiger partial charge in [0, 0.05) is 5.56 Å². The first-order valence-corrected chi connectivity index (χ1v) is 6.51. The van der Waals surface area contributed by atoms with Crippen LogP contribution in [0, 0.1) is 20.8 Å². The largest absolute Gasteiger partial charge is 0.298 e. The van der Waals surface area contributed by atoms with Crippen molar-refractivity contribution in [3.05, 3.63) is 58.7 Å². The van der Waals surface area contributed by atoms with Gasteiger partial charge in [0.05, 0.1) is 0 Å². The number of rotatable bonds is 1. The monoisotopic (exact) mass is 248 g/mol. The third-order valence-electron chi connectivity index (χ3n) is 4.24. The van der Waals surface area contributed by atoms with Gasteiger partial charge in [-0.05, 0) is 59.0 Å². The Bertz CT molecular complexity index is 813. The lowest BCUT2D eigenvalue weighted by molar-refractivity contribution is 0.112. The van der Waals surface area contributed by atoms with Crippen molar-refractivity contribution < 1.29 is 4.79 Å². The highest BCUT2D eigenvalue weighted by Gasteiger charge is 2.13. The van der Waals surface area contributed by atoms with Crippen molar-refractivity contribution in [1.82, 2.24) is 0 Å². The Morgan fingerprint density at radius 2 is 1.53 bits per heavy atom. The fraction of sp³-hybridized carbons (Fsp3) is 0.167. The van der Waals surface area contributed by atoms with E-state index in [0.717, 1.165) is 22.8 Å². The summed E-state index contributed by atoms with van der Waals surface area (Å²) in [5.74, 6) is 0. The molecule has 0 N–H and O–H groups in total. The molecule has 3 aromatic rings. The van der Waals surface area contributed by atoms with Crippen LogP contribution in [-0.4, -0.2) is 6.29 Å². The highest BCUT2D eigenvalue weighted by Crippen LogP contribution is 2.33. The summed E-state index contributed by atoms with van der Waals surface area (Å²) in [5, 5.41) is 4.72. The molecule has 0 aliphatic heterocycles. The molecular formula is C18H16O. The molecular weight excluding hydrogens is 232 g/mol. The second-order valence-corrected chi connectivity index (χ2v) is 5.12. The van der Waals surface area contributed by atoms with Gasteiger partial charge in [0.1, 0.15) is 0 Å². The van der Waals surface area contributed by atoms with Crippen LogP contribution < -0.4 is 0 Å². The first-order chi connectivity index (χ1) is 9.15. The molecule has 0 spiro atoms. The third-order valence-corrected chi connectivity index (χ3v) is 4.24. The Labute approximate surface area is 112 Å².